The van der Waals surface area contributed by atoms with Crippen molar-refractivity contribution in [1.82, 2.24) is 0 Å². The number of nitrogens with two attached hydrogens (primary N) is 1. The third kappa shape index (κ3) is 2.18. The average molecular weight is 240 g/mol. The monoisotopic (exact) mass is 239 g/mol. The largest absolute Gasteiger partial charge is 0.496 e. The molecule has 0 aliphatic heterocycles. The van der Waals surface area contributed by atoms with Gasteiger partial charge in [-0.25, -0.2) is 4.39 Å². The number of hydrogen-bond donors (Lipinski definition) is 1. The van der Waals surface area contributed by atoms with Gasteiger partial charge in [0, 0.05) is 0 Å². The Kier molecular flexibility index (Phi) is 3.46. The summed E-state index contributed by atoms with van der Waals surface area (Å²) >= 11 is 5.45. The Morgan fingerprint density at radius 1 is 1.47 bits per heavy atom. The molecule has 1 rings (SSSR count). The predicted octanol–water partition coefficient (Wildman–Crippen LogP) is 2.54. The molecule has 1 aromatic carbocycles. The molecule has 6 heteroatoms. The highest BCUT2D eigenvalue weighted by molar-refractivity contribution is 6.31. The predicted molar refractivity (Wildman–Crippen MR) is 50.9 cm³/mol. The maximum atomic E-state index is 13.3. The van der Waals surface area contributed by atoms with E-state index in [9.17, 15) is 13.2 Å². The van der Waals surface area contributed by atoms with Gasteiger partial charge in [-0.05, 0) is 12.1 Å². The minimum Gasteiger partial charge on any atom is -0.496 e. The Morgan fingerprint density at radius 2 is 2.07 bits per heavy atom. The summed E-state index contributed by atoms with van der Waals surface area (Å²) in [6, 6.07) is 2.04. The van der Waals surface area contributed by atoms with Gasteiger partial charge in [0.2, 0.25) is 0 Å². The summed E-state index contributed by atoms with van der Waals surface area (Å²) < 4.78 is 44.3. The standard InChI is InChI=1S/C9H9ClF3NO/c1-15-6-3-2-5(11)8(10)7(6)9(12,13)4-14/h2-3H,4,14H2,1H3. The first-order valence-corrected chi connectivity index (χ1v) is 4.42. The maximum absolute atomic E-state index is 13.3. The summed E-state index contributed by atoms with van der Waals surface area (Å²) in [4.78, 5) is 0. The quantitative estimate of drug-likeness (QED) is 0.880. The molecule has 0 spiro atoms. The van der Waals surface area contributed by atoms with Crippen molar-refractivity contribution in [2.45, 2.75) is 5.92 Å². The van der Waals surface area contributed by atoms with Crippen LogP contribution in [0, 0.1) is 5.82 Å². The van der Waals surface area contributed by atoms with Gasteiger partial charge in [0.25, 0.3) is 5.92 Å². The SMILES string of the molecule is COc1ccc(F)c(Cl)c1C(F)(F)CN. The van der Waals surface area contributed by atoms with Crippen LogP contribution in [0.1, 0.15) is 5.56 Å². The van der Waals surface area contributed by atoms with Gasteiger partial charge in [0.1, 0.15) is 11.6 Å². The Balaban J connectivity index is 3.42. The number of hydrogen-bond acceptors (Lipinski definition) is 2. The van der Waals surface area contributed by atoms with E-state index in [1.54, 1.807) is 0 Å². The molecule has 2 N–H and O–H groups in total. The molecule has 0 atom stereocenters. The molecule has 0 radical (unpaired) electrons. The van der Waals surface area contributed by atoms with Crippen LogP contribution in [-0.4, -0.2) is 13.7 Å². The van der Waals surface area contributed by atoms with E-state index in [0.29, 0.717) is 0 Å². The van der Waals surface area contributed by atoms with E-state index < -0.39 is 28.9 Å². The van der Waals surface area contributed by atoms with E-state index in [4.69, 9.17) is 17.3 Å². The third-order valence-electron chi connectivity index (χ3n) is 1.90. The Morgan fingerprint density at radius 3 is 2.53 bits per heavy atom. The molecule has 0 heterocycles. The van der Waals surface area contributed by atoms with Gasteiger partial charge in [0.15, 0.2) is 0 Å². The van der Waals surface area contributed by atoms with E-state index in [1.165, 1.54) is 7.11 Å². The lowest BCUT2D eigenvalue weighted by Crippen LogP contribution is -2.26. The topological polar surface area (TPSA) is 35.2 Å². The van der Waals surface area contributed by atoms with E-state index in [1.807, 2.05) is 0 Å². The van der Waals surface area contributed by atoms with Gasteiger partial charge < -0.3 is 10.5 Å². The second-order valence-corrected chi connectivity index (χ2v) is 3.23. The van der Waals surface area contributed by atoms with Crippen molar-refractivity contribution < 1.29 is 17.9 Å². The summed E-state index contributed by atoms with van der Waals surface area (Å²) in [6.45, 7) is -0.966. The number of alkyl halides is 2. The summed E-state index contributed by atoms with van der Waals surface area (Å²) in [6.07, 6.45) is 0. The molecular formula is C9H9ClF3NO. The van der Waals surface area contributed by atoms with Crippen LogP contribution in [0.25, 0.3) is 0 Å². The molecule has 84 valence electrons. The van der Waals surface area contributed by atoms with E-state index in [-0.39, 0.29) is 5.75 Å². The molecule has 0 unspecified atom stereocenters. The molecule has 0 aliphatic rings. The lowest BCUT2D eigenvalue weighted by Gasteiger charge is -2.19. The number of methoxy groups -OCH3 is 1. The van der Waals surface area contributed by atoms with Crippen LogP contribution in [0.4, 0.5) is 13.2 Å². The summed E-state index contributed by atoms with van der Waals surface area (Å²) in [5, 5.41) is -0.662. The van der Waals surface area contributed by atoms with Crippen LogP contribution >= 0.6 is 11.6 Å². The average Bonchev–Trinajstić information content (AvgIpc) is 2.21. The van der Waals surface area contributed by atoms with Crippen LogP contribution in [0.2, 0.25) is 5.02 Å². The normalized spacial score (nSPS) is 11.6. The molecule has 0 fully saturated rings. The Hall–Kier alpha value is -0.940. The number of halogens is 4. The molecule has 0 aliphatic carbocycles. The fraction of sp³-hybridized carbons (Fsp3) is 0.333. The minimum absolute atomic E-state index is 0.183. The zero-order chi connectivity index (χ0) is 11.6. The molecule has 0 amide bonds. The van der Waals surface area contributed by atoms with Crippen LogP contribution in [0.15, 0.2) is 12.1 Å². The highest BCUT2D eigenvalue weighted by atomic mass is 35.5. The third-order valence-corrected chi connectivity index (χ3v) is 2.27. The minimum atomic E-state index is -3.41. The van der Waals surface area contributed by atoms with Gasteiger partial charge in [0.05, 0.1) is 24.2 Å². The molecular weight excluding hydrogens is 231 g/mol. The van der Waals surface area contributed by atoms with Gasteiger partial charge >= 0.3 is 0 Å². The van der Waals surface area contributed by atoms with E-state index in [0.717, 1.165) is 12.1 Å². The van der Waals surface area contributed by atoms with Gasteiger partial charge in [-0.2, -0.15) is 8.78 Å². The Labute approximate surface area is 89.8 Å². The van der Waals surface area contributed by atoms with Crippen molar-refractivity contribution in [1.29, 1.82) is 0 Å². The highest BCUT2D eigenvalue weighted by Crippen LogP contribution is 2.40. The van der Waals surface area contributed by atoms with Crippen molar-refractivity contribution in [3.63, 3.8) is 0 Å². The summed E-state index contributed by atoms with van der Waals surface area (Å²) in [5.41, 5.74) is 4.18. The number of rotatable bonds is 3. The Bertz CT molecular complexity index is 371. The van der Waals surface area contributed by atoms with E-state index in [2.05, 4.69) is 4.74 Å². The first kappa shape index (κ1) is 12.1. The zero-order valence-corrected chi connectivity index (χ0v) is 8.62. The number of ether oxygens (including phenoxy) is 1. The molecule has 0 saturated carbocycles. The van der Waals surface area contributed by atoms with Crippen LogP contribution < -0.4 is 10.5 Å². The van der Waals surface area contributed by atoms with Crippen molar-refractivity contribution in [2.75, 3.05) is 13.7 Å². The fourth-order valence-electron chi connectivity index (χ4n) is 1.15. The highest BCUT2D eigenvalue weighted by Gasteiger charge is 2.36. The second kappa shape index (κ2) is 4.28. The smallest absolute Gasteiger partial charge is 0.290 e. The lowest BCUT2D eigenvalue weighted by atomic mass is 10.1. The molecule has 2 nitrogen and oxygen atoms in total. The molecule has 0 saturated heterocycles. The fourth-order valence-corrected chi connectivity index (χ4v) is 1.44. The van der Waals surface area contributed by atoms with Crippen molar-refractivity contribution in [3.05, 3.63) is 28.5 Å². The zero-order valence-electron chi connectivity index (χ0n) is 7.86. The number of benzene rings is 1. The van der Waals surface area contributed by atoms with Gasteiger partial charge in [-0.15, -0.1) is 0 Å². The molecule has 0 bridgehead atoms. The summed E-state index contributed by atoms with van der Waals surface area (Å²) in [7, 11) is 1.19. The van der Waals surface area contributed by atoms with Gasteiger partial charge in [-0.3, -0.25) is 0 Å². The molecule has 0 aromatic heterocycles. The van der Waals surface area contributed by atoms with Crippen molar-refractivity contribution in [2.24, 2.45) is 5.73 Å². The van der Waals surface area contributed by atoms with E-state index >= 15 is 0 Å². The van der Waals surface area contributed by atoms with Crippen LogP contribution in [-0.2, 0) is 5.92 Å². The first-order chi connectivity index (χ1) is 6.94. The molecule has 15 heavy (non-hydrogen) atoms. The van der Waals surface area contributed by atoms with Crippen LogP contribution in [0.5, 0.6) is 5.75 Å². The lowest BCUT2D eigenvalue weighted by molar-refractivity contribution is 0.00351. The van der Waals surface area contributed by atoms with Crippen LogP contribution in [0.3, 0.4) is 0 Å². The molecule has 1 aromatic rings. The first-order valence-electron chi connectivity index (χ1n) is 4.04. The van der Waals surface area contributed by atoms with Gasteiger partial charge in [-0.1, -0.05) is 11.6 Å². The van der Waals surface area contributed by atoms with Crippen molar-refractivity contribution >= 4 is 11.6 Å². The summed E-state index contributed by atoms with van der Waals surface area (Å²) in [5.74, 6) is -4.53. The second-order valence-electron chi connectivity index (χ2n) is 2.85. The van der Waals surface area contributed by atoms with Crippen molar-refractivity contribution in [3.8, 4) is 5.75 Å². The maximum Gasteiger partial charge on any atom is 0.290 e.